The van der Waals surface area contributed by atoms with E-state index in [1.165, 1.54) is 22.5 Å². The van der Waals surface area contributed by atoms with Gasteiger partial charge in [-0.05, 0) is 17.9 Å². The summed E-state index contributed by atoms with van der Waals surface area (Å²) in [6, 6.07) is 0. The molecule has 1 nitrogen and oxygen atoms in total. The highest BCUT2D eigenvalue weighted by Crippen LogP contribution is 2.31. The van der Waals surface area contributed by atoms with Crippen LogP contribution in [0.2, 0.25) is 0 Å². The number of aryl methyl sites for hydroxylation is 1. The zero-order valence-electron chi connectivity index (χ0n) is 5.40. The fourth-order valence-corrected chi connectivity index (χ4v) is 2.23. The fraction of sp³-hybridized carbons (Fsp3) is 0.429. The highest BCUT2D eigenvalue weighted by molar-refractivity contribution is 7.10. The summed E-state index contributed by atoms with van der Waals surface area (Å²) in [5, 5.41) is 5.58. The van der Waals surface area contributed by atoms with Gasteiger partial charge in [0.1, 0.15) is 0 Å². The first-order valence-electron chi connectivity index (χ1n) is 3.19. The Balaban J connectivity index is 2.56. The molecular weight excluding hydrogens is 130 g/mol. The van der Waals surface area contributed by atoms with Crippen molar-refractivity contribution in [3.05, 3.63) is 15.8 Å². The molecule has 0 fully saturated rings. The van der Waals surface area contributed by atoms with Gasteiger partial charge in [-0.1, -0.05) is 0 Å². The molecule has 2 heteroatoms. The summed E-state index contributed by atoms with van der Waals surface area (Å²) < 4.78 is 0. The molecule has 0 amide bonds. The van der Waals surface area contributed by atoms with E-state index in [4.69, 9.17) is 0 Å². The fourth-order valence-electron chi connectivity index (χ4n) is 1.22. The Morgan fingerprint density at radius 2 is 2.56 bits per heavy atom. The second kappa shape index (κ2) is 1.74. The van der Waals surface area contributed by atoms with E-state index in [2.05, 4.69) is 17.6 Å². The molecule has 0 aromatic carbocycles. The Bertz CT molecular complexity index is 227. The smallest absolute Gasteiger partial charge is 0.0512 e. The third-order valence-electron chi connectivity index (χ3n) is 1.70. The predicted molar refractivity (Wildman–Crippen MR) is 41.2 cm³/mol. The monoisotopic (exact) mass is 139 g/mol. The first-order valence-corrected chi connectivity index (χ1v) is 4.07. The number of thiophene rings is 1. The molecule has 0 saturated heterocycles. The van der Waals surface area contributed by atoms with E-state index in [1.54, 1.807) is 0 Å². The molecule has 2 heterocycles. The number of fused-ring (bicyclic) bond motifs is 1. The average molecular weight is 139 g/mol. The van der Waals surface area contributed by atoms with Gasteiger partial charge >= 0.3 is 0 Å². The summed E-state index contributed by atoms with van der Waals surface area (Å²) >= 11 is 1.88. The third kappa shape index (κ3) is 0.663. The second-order valence-electron chi connectivity index (χ2n) is 2.39. The van der Waals surface area contributed by atoms with Gasteiger partial charge in [-0.2, -0.15) is 0 Å². The van der Waals surface area contributed by atoms with Crippen molar-refractivity contribution in [1.29, 1.82) is 0 Å². The average Bonchev–Trinajstić information content (AvgIpc) is 2.35. The summed E-state index contributed by atoms with van der Waals surface area (Å²) in [5.74, 6) is 0. The van der Waals surface area contributed by atoms with Crippen molar-refractivity contribution in [1.82, 2.24) is 0 Å². The lowest BCUT2D eigenvalue weighted by Crippen LogP contribution is -1.92. The maximum Gasteiger partial charge on any atom is 0.0512 e. The molecule has 2 rings (SSSR count). The van der Waals surface area contributed by atoms with Crippen molar-refractivity contribution in [3.63, 3.8) is 0 Å². The molecule has 1 N–H and O–H groups in total. The minimum absolute atomic E-state index is 1.14. The molecule has 1 aromatic heterocycles. The van der Waals surface area contributed by atoms with Gasteiger partial charge < -0.3 is 5.32 Å². The Labute approximate surface area is 58.7 Å². The molecule has 0 bridgehead atoms. The van der Waals surface area contributed by atoms with E-state index in [9.17, 15) is 0 Å². The van der Waals surface area contributed by atoms with Gasteiger partial charge in [-0.15, -0.1) is 11.3 Å². The summed E-state index contributed by atoms with van der Waals surface area (Å²) in [5.41, 5.74) is 2.81. The Kier molecular flexibility index (Phi) is 1.02. The molecule has 1 aliphatic rings. The largest absolute Gasteiger partial charge is 0.384 e. The zero-order chi connectivity index (χ0) is 6.27. The first kappa shape index (κ1) is 5.30. The lowest BCUT2D eigenvalue weighted by Gasteiger charge is -1.92. The lowest BCUT2D eigenvalue weighted by molar-refractivity contribution is 1.12. The van der Waals surface area contributed by atoms with E-state index >= 15 is 0 Å². The van der Waals surface area contributed by atoms with Crippen LogP contribution in [0.4, 0.5) is 5.69 Å². The Morgan fingerprint density at radius 1 is 1.67 bits per heavy atom. The van der Waals surface area contributed by atoms with Gasteiger partial charge in [0.25, 0.3) is 0 Å². The molecule has 0 aliphatic carbocycles. The molecule has 0 radical (unpaired) electrons. The van der Waals surface area contributed by atoms with Crippen LogP contribution in [0.1, 0.15) is 10.4 Å². The molecule has 0 spiro atoms. The first-order chi connectivity index (χ1) is 4.38. The van der Waals surface area contributed by atoms with Gasteiger partial charge in [0, 0.05) is 17.8 Å². The van der Waals surface area contributed by atoms with Gasteiger partial charge in [-0.25, -0.2) is 0 Å². The standard InChI is InChI=1S/C7H9NS/c1-5-4-9-6-2-3-8-7(5)6/h4,8H,2-3H2,1H3. The van der Waals surface area contributed by atoms with Crippen molar-refractivity contribution >= 4 is 17.0 Å². The molecule has 1 aromatic rings. The minimum atomic E-state index is 1.14. The van der Waals surface area contributed by atoms with Crippen LogP contribution < -0.4 is 5.32 Å². The van der Waals surface area contributed by atoms with E-state index in [0.717, 1.165) is 6.54 Å². The molecule has 0 atom stereocenters. The number of hydrogen-bond donors (Lipinski definition) is 1. The minimum Gasteiger partial charge on any atom is -0.384 e. The van der Waals surface area contributed by atoms with Crippen molar-refractivity contribution in [2.75, 3.05) is 11.9 Å². The SMILES string of the molecule is Cc1csc2c1NCC2. The van der Waals surface area contributed by atoms with Crippen molar-refractivity contribution in [2.45, 2.75) is 13.3 Å². The lowest BCUT2D eigenvalue weighted by atomic mass is 10.3. The molecular formula is C7H9NS. The number of rotatable bonds is 0. The molecule has 1 aliphatic heterocycles. The van der Waals surface area contributed by atoms with E-state index in [-0.39, 0.29) is 0 Å². The van der Waals surface area contributed by atoms with Crippen LogP contribution >= 0.6 is 11.3 Å². The third-order valence-corrected chi connectivity index (χ3v) is 2.87. The summed E-state index contributed by atoms with van der Waals surface area (Å²) in [6.07, 6.45) is 1.23. The van der Waals surface area contributed by atoms with E-state index < -0.39 is 0 Å². The van der Waals surface area contributed by atoms with Crippen LogP contribution in [-0.4, -0.2) is 6.54 Å². The van der Waals surface area contributed by atoms with Crippen LogP contribution in [0.5, 0.6) is 0 Å². The van der Waals surface area contributed by atoms with Crippen LogP contribution in [0.3, 0.4) is 0 Å². The summed E-state index contributed by atoms with van der Waals surface area (Å²) in [6.45, 7) is 3.30. The number of anilines is 1. The van der Waals surface area contributed by atoms with Crippen LogP contribution in [-0.2, 0) is 6.42 Å². The summed E-state index contributed by atoms with van der Waals surface area (Å²) in [7, 11) is 0. The molecule has 48 valence electrons. The zero-order valence-corrected chi connectivity index (χ0v) is 6.22. The van der Waals surface area contributed by atoms with Gasteiger partial charge in [0.2, 0.25) is 0 Å². The highest BCUT2D eigenvalue weighted by Gasteiger charge is 2.12. The van der Waals surface area contributed by atoms with E-state index in [1.807, 2.05) is 11.3 Å². The molecule has 9 heavy (non-hydrogen) atoms. The van der Waals surface area contributed by atoms with Crippen molar-refractivity contribution in [3.8, 4) is 0 Å². The second-order valence-corrected chi connectivity index (χ2v) is 3.36. The quantitative estimate of drug-likeness (QED) is 0.580. The van der Waals surface area contributed by atoms with Gasteiger partial charge in [-0.3, -0.25) is 0 Å². The van der Waals surface area contributed by atoms with Gasteiger partial charge in [0.05, 0.1) is 5.69 Å². The Hall–Kier alpha value is -0.500. The van der Waals surface area contributed by atoms with E-state index in [0.29, 0.717) is 0 Å². The van der Waals surface area contributed by atoms with Gasteiger partial charge in [0.15, 0.2) is 0 Å². The highest BCUT2D eigenvalue weighted by atomic mass is 32.1. The number of hydrogen-bond acceptors (Lipinski definition) is 2. The number of nitrogens with one attached hydrogen (secondary N) is 1. The van der Waals surface area contributed by atoms with Crippen LogP contribution in [0, 0.1) is 6.92 Å². The van der Waals surface area contributed by atoms with Crippen molar-refractivity contribution < 1.29 is 0 Å². The maximum atomic E-state index is 3.36. The molecule has 0 unspecified atom stereocenters. The normalized spacial score (nSPS) is 15.2. The Morgan fingerprint density at radius 3 is 3.33 bits per heavy atom. The predicted octanol–water partition coefficient (Wildman–Crippen LogP) is 2.02. The van der Waals surface area contributed by atoms with Crippen LogP contribution in [0.25, 0.3) is 0 Å². The van der Waals surface area contributed by atoms with Crippen LogP contribution in [0.15, 0.2) is 5.38 Å². The summed E-state index contributed by atoms with van der Waals surface area (Å²) in [4.78, 5) is 1.53. The van der Waals surface area contributed by atoms with Crippen molar-refractivity contribution in [2.24, 2.45) is 0 Å². The molecule has 0 saturated carbocycles. The topological polar surface area (TPSA) is 12.0 Å². The maximum absolute atomic E-state index is 3.36.